The van der Waals surface area contributed by atoms with Crippen molar-refractivity contribution in [3.8, 4) is 0 Å². The number of aromatic nitrogens is 2. The summed E-state index contributed by atoms with van der Waals surface area (Å²) < 4.78 is 1.99. The van der Waals surface area contributed by atoms with Crippen LogP contribution in [0, 0.1) is 0 Å². The molecule has 0 aliphatic heterocycles. The summed E-state index contributed by atoms with van der Waals surface area (Å²) in [4.78, 5) is 7.18. The Morgan fingerprint density at radius 1 is 1.29 bits per heavy atom. The van der Waals surface area contributed by atoms with E-state index in [1.165, 1.54) is 5.56 Å². The van der Waals surface area contributed by atoms with Gasteiger partial charge in [-0.2, -0.15) is 0 Å². The molecule has 4 heteroatoms. The quantitative estimate of drug-likeness (QED) is 0.902. The number of hydrogen-bond acceptors (Lipinski definition) is 1. The molecule has 0 spiro atoms. The molecule has 2 aromatic rings. The van der Waals surface area contributed by atoms with E-state index in [0.717, 1.165) is 21.2 Å². The number of hydrogen-bond donors (Lipinski definition) is 1. The molecule has 0 saturated heterocycles. The smallest absolute Gasteiger partial charge is 0.127 e. The van der Waals surface area contributed by atoms with Crippen molar-refractivity contribution in [2.45, 2.75) is 6.42 Å². The number of rotatable bonds is 2. The number of imidazole rings is 1. The molecule has 0 atom stereocenters. The van der Waals surface area contributed by atoms with Gasteiger partial charge in [-0.05, 0) is 33.6 Å². The molecule has 72 valence electrons. The van der Waals surface area contributed by atoms with Crippen LogP contribution in [0.1, 0.15) is 11.3 Å². The lowest BCUT2D eigenvalue weighted by Gasteiger charge is -2.00. The second kappa shape index (κ2) is 4.28. The van der Waals surface area contributed by atoms with Crippen molar-refractivity contribution in [3.63, 3.8) is 0 Å². The predicted molar refractivity (Wildman–Crippen MR) is 63.2 cm³/mol. The van der Waals surface area contributed by atoms with E-state index in [1.54, 1.807) is 6.33 Å². The van der Waals surface area contributed by atoms with Gasteiger partial charge >= 0.3 is 0 Å². The first kappa shape index (κ1) is 9.93. The molecular formula is C10H8Br2N2. The highest BCUT2D eigenvalue weighted by atomic mass is 79.9. The number of H-pyrrole nitrogens is 1. The van der Waals surface area contributed by atoms with Crippen molar-refractivity contribution >= 4 is 31.9 Å². The summed E-state index contributed by atoms with van der Waals surface area (Å²) in [6, 6.07) is 8.25. The SMILES string of the molecule is Brc1cccc(Cc2[nH]cnc2Br)c1. The molecule has 0 unspecified atom stereocenters. The Morgan fingerprint density at radius 2 is 2.14 bits per heavy atom. The van der Waals surface area contributed by atoms with Crippen LogP contribution in [0.25, 0.3) is 0 Å². The first-order valence-electron chi connectivity index (χ1n) is 4.18. The summed E-state index contributed by atoms with van der Waals surface area (Å²) in [7, 11) is 0. The van der Waals surface area contributed by atoms with Crippen LogP contribution in [0.15, 0.2) is 39.7 Å². The second-order valence-electron chi connectivity index (χ2n) is 2.98. The van der Waals surface area contributed by atoms with E-state index in [2.05, 4.69) is 54.0 Å². The van der Waals surface area contributed by atoms with Crippen LogP contribution >= 0.6 is 31.9 Å². The maximum Gasteiger partial charge on any atom is 0.127 e. The first-order chi connectivity index (χ1) is 6.75. The number of nitrogens with one attached hydrogen (secondary N) is 1. The van der Waals surface area contributed by atoms with Gasteiger partial charge in [0.1, 0.15) is 4.60 Å². The molecule has 2 nitrogen and oxygen atoms in total. The highest BCUT2D eigenvalue weighted by Gasteiger charge is 2.03. The van der Waals surface area contributed by atoms with Crippen molar-refractivity contribution in [2.24, 2.45) is 0 Å². The zero-order chi connectivity index (χ0) is 9.97. The van der Waals surface area contributed by atoms with Gasteiger partial charge in [0.25, 0.3) is 0 Å². The van der Waals surface area contributed by atoms with Gasteiger partial charge in [-0.1, -0.05) is 28.1 Å². The average molecular weight is 316 g/mol. The van der Waals surface area contributed by atoms with E-state index < -0.39 is 0 Å². The van der Waals surface area contributed by atoms with Crippen LogP contribution in [0.2, 0.25) is 0 Å². The number of benzene rings is 1. The maximum absolute atomic E-state index is 4.08. The minimum absolute atomic E-state index is 0.861. The molecule has 0 bridgehead atoms. The molecule has 0 aliphatic rings. The van der Waals surface area contributed by atoms with Gasteiger partial charge in [-0.3, -0.25) is 0 Å². The van der Waals surface area contributed by atoms with Crippen LogP contribution in [0.4, 0.5) is 0 Å². The monoisotopic (exact) mass is 314 g/mol. The summed E-state index contributed by atoms with van der Waals surface area (Å²) >= 11 is 6.84. The zero-order valence-corrected chi connectivity index (χ0v) is 10.5. The molecule has 1 heterocycles. The lowest BCUT2D eigenvalue weighted by Crippen LogP contribution is -1.88. The molecule has 1 aromatic heterocycles. The largest absolute Gasteiger partial charge is 0.347 e. The topological polar surface area (TPSA) is 28.7 Å². The van der Waals surface area contributed by atoms with Crippen molar-refractivity contribution in [1.29, 1.82) is 0 Å². The van der Waals surface area contributed by atoms with Gasteiger partial charge in [0.2, 0.25) is 0 Å². The van der Waals surface area contributed by atoms with Gasteiger partial charge in [0.05, 0.1) is 12.0 Å². The Hall–Kier alpha value is -0.610. The summed E-state index contributed by atoms with van der Waals surface area (Å²) in [6.07, 6.45) is 2.55. The van der Waals surface area contributed by atoms with Crippen molar-refractivity contribution in [2.75, 3.05) is 0 Å². The van der Waals surface area contributed by atoms with E-state index in [0.29, 0.717) is 0 Å². The fourth-order valence-electron chi connectivity index (χ4n) is 1.28. The van der Waals surface area contributed by atoms with Crippen LogP contribution < -0.4 is 0 Å². The Balaban J connectivity index is 2.23. The number of halogens is 2. The summed E-state index contributed by atoms with van der Waals surface area (Å²) in [5.74, 6) is 0. The van der Waals surface area contributed by atoms with Crippen LogP contribution in [-0.2, 0) is 6.42 Å². The molecule has 14 heavy (non-hydrogen) atoms. The van der Waals surface area contributed by atoms with Gasteiger partial charge in [0, 0.05) is 10.9 Å². The standard InChI is InChI=1S/C10H8Br2N2/c11-8-3-1-2-7(4-8)5-9-10(12)14-6-13-9/h1-4,6H,5H2,(H,13,14). The van der Waals surface area contributed by atoms with E-state index >= 15 is 0 Å². The Bertz CT molecular complexity index is 437. The third kappa shape index (κ3) is 2.25. The van der Waals surface area contributed by atoms with Crippen LogP contribution in [-0.4, -0.2) is 9.97 Å². The van der Waals surface area contributed by atoms with E-state index in [9.17, 15) is 0 Å². The molecule has 0 saturated carbocycles. The first-order valence-corrected chi connectivity index (χ1v) is 5.76. The molecular weight excluding hydrogens is 308 g/mol. The lowest BCUT2D eigenvalue weighted by atomic mass is 10.1. The molecule has 0 radical (unpaired) electrons. The zero-order valence-electron chi connectivity index (χ0n) is 7.30. The second-order valence-corrected chi connectivity index (χ2v) is 4.65. The van der Waals surface area contributed by atoms with Crippen molar-refractivity contribution < 1.29 is 0 Å². The third-order valence-electron chi connectivity index (χ3n) is 1.94. The highest BCUT2D eigenvalue weighted by Crippen LogP contribution is 2.18. The molecule has 1 N–H and O–H groups in total. The Morgan fingerprint density at radius 3 is 2.79 bits per heavy atom. The average Bonchev–Trinajstić information content (AvgIpc) is 2.52. The maximum atomic E-state index is 4.08. The van der Waals surface area contributed by atoms with Gasteiger partial charge in [-0.15, -0.1) is 0 Å². The summed E-state index contributed by atoms with van der Waals surface area (Å²) in [5, 5.41) is 0. The fraction of sp³-hybridized carbons (Fsp3) is 0.100. The molecule has 0 amide bonds. The van der Waals surface area contributed by atoms with Crippen molar-refractivity contribution in [3.05, 3.63) is 50.9 Å². The van der Waals surface area contributed by atoms with E-state index in [4.69, 9.17) is 0 Å². The van der Waals surface area contributed by atoms with Gasteiger partial charge < -0.3 is 4.98 Å². The number of nitrogens with zero attached hydrogens (tertiary/aromatic N) is 1. The Labute approximate surface area is 99.0 Å². The molecule has 2 rings (SSSR count). The van der Waals surface area contributed by atoms with Gasteiger partial charge in [0.15, 0.2) is 0 Å². The minimum Gasteiger partial charge on any atom is -0.347 e. The normalized spacial score (nSPS) is 10.4. The molecule has 0 fully saturated rings. The fourth-order valence-corrected chi connectivity index (χ4v) is 2.08. The molecule has 1 aromatic carbocycles. The lowest BCUT2D eigenvalue weighted by molar-refractivity contribution is 1.09. The Kier molecular flexibility index (Phi) is 3.03. The van der Waals surface area contributed by atoms with E-state index in [1.807, 2.05) is 12.1 Å². The predicted octanol–water partition coefficient (Wildman–Crippen LogP) is 3.53. The van der Waals surface area contributed by atoms with Crippen LogP contribution in [0.5, 0.6) is 0 Å². The summed E-state index contributed by atoms with van der Waals surface area (Å²) in [5.41, 5.74) is 2.35. The summed E-state index contributed by atoms with van der Waals surface area (Å²) in [6.45, 7) is 0. The highest BCUT2D eigenvalue weighted by molar-refractivity contribution is 9.10. The van der Waals surface area contributed by atoms with Crippen molar-refractivity contribution in [1.82, 2.24) is 9.97 Å². The van der Waals surface area contributed by atoms with E-state index in [-0.39, 0.29) is 0 Å². The van der Waals surface area contributed by atoms with Crippen LogP contribution in [0.3, 0.4) is 0 Å². The number of aromatic amines is 1. The molecule has 0 aliphatic carbocycles. The third-order valence-corrected chi connectivity index (χ3v) is 3.11. The minimum atomic E-state index is 0.861. The van der Waals surface area contributed by atoms with Gasteiger partial charge in [-0.25, -0.2) is 4.98 Å².